The average molecular weight is 446 g/mol. The molecule has 1 aliphatic rings. The lowest BCUT2D eigenvalue weighted by atomic mass is 9.89. The first-order valence-electron chi connectivity index (χ1n) is 10.9. The molecule has 2 N–H and O–H groups in total. The third-order valence-electron chi connectivity index (χ3n) is 5.96. The largest absolute Gasteiger partial charge is 0.493 e. The van der Waals surface area contributed by atoms with Crippen LogP contribution in [0.5, 0.6) is 11.5 Å². The van der Waals surface area contributed by atoms with E-state index in [4.69, 9.17) is 20.2 Å². The van der Waals surface area contributed by atoms with Crippen LogP contribution < -0.4 is 15.2 Å². The molecule has 2 amide bonds. The molecule has 7 nitrogen and oxygen atoms in total. The van der Waals surface area contributed by atoms with Crippen LogP contribution in [0.15, 0.2) is 61.2 Å². The molecule has 1 saturated heterocycles. The molecular formula is C26H27N3O4. The normalized spacial score (nSPS) is 14.2. The third-order valence-corrected chi connectivity index (χ3v) is 5.96. The SMILES string of the molecule is C=CCOc1ccc(C(=O)N2CCC(c3nc4ccccc4cc3C(N)=O)CC2)cc1OC. The highest BCUT2D eigenvalue weighted by Gasteiger charge is 2.28. The number of methoxy groups -OCH3 is 1. The minimum absolute atomic E-state index is 0.0605. The number of ether oxygens (including phenoxy) is 2. The number of nitrogens with two attached hydrogens (primary N) is 1. The number of piperidine rings is 1. The second kappa shape index (κ2) is 9.73. The maximum absolute atomic E-state index is 13.1. The Kier molecular flexibility index (Phi) is 6.58. The minimum atomic E-state index is -0.479. The summed E-state index contributed by atoms with van der Waals surface area (Å²) < 4.78 is 11.0. The zero-order valence-electron chi connectivity index (χ0n) is 18.6. The minimum Gasteiger partial charge on any atom is -0.493 e. The molecule has 1 aliphatic heterocycles. The highest BCUT2D eigenvalue weighted by molar-refractivity contribution is 5.98. The lowest BCUT2D eigenvalue weighted by Gasteiger charge is -2.32. The van der Waals surface area contributed by atoms with Crippen molar-refractivity contribution >= 4 is 22.7 Å². The van der Waals surface area contributed by atoms with Crippen molar-refractivity contribution in [2.24, 2.45) is 5.73 Å². The number of hydrogen-bond donors (Lipinski definition) is 1. The standard InChI is InChI=1S/C26H27N3O4/c1-3-14-33-22-9-8-19(16-23(22)32-2)26(31)29-12-10-17(11-13-29)24-20(25(27)30)15-18-6-4-5-7-21(18)28-24/h3-9,15-17H,1,10-14H2,2H3,(H2,27,30). The summed E-state index contributed by atoms with van der Waals surface area (Å²) in [6.07, 6.45) is 3.06. The number of carbonyl (C=O) groups excluding carboxylic acids is 2. The quantitative estimate of drug-likeness (QED) is 0.556. The van der Waals surface area contributed by atoms with Crippen LogP contribution in [-0.2, 0) is 0 Å². The van der Waals surface area contributed by atoms with E-state index >= 15 is 0 Å². The van der Waals surface area contributed by atoms with E-state index in [2.05, 4.69) is 6.58 Å². The van der Waals surface area contributed by atoms with Gasteiger partial charge in [-0.2, -0.15) is 0 Å². The molecule has 0 unspecified atom stereocenters. The summed E-state index contributed by atoms with van der Waals surface area (Å²) in [6.45, 7) is 5.12. The zero-order valence-corrected chi connectivity index (χ0v) is 18.6. The van der Waals surface area contributed by atoms with Crippen molar-refractivity contribution in [1.82, 2.24) is 9.88 Å². The lowest BCUT2D eigenvalue weighted by molar-refractivity contribution is 0.0710. The van der Waals surface area contributed by atoms with Crippen LogP contribution >= 0.6 is 0 Å². The highest BCUT2D eigenvalue weighted by atomic mass is 16.5. The van der Waals surface area contributed by atoms with E-state index in [1.165, 1.54) is 0 Å². The van der Waals surface area contributed by atoms with Gasteiger partial charge < -0.3 is 20.1 Å². The molecule has 170 valence electrons. The summed E-state index contributed by atoms with van der Waals surface area (Å²) in [5.41, 5.74) is 8.22. The van der Waals surface area contributed by atoms with Gasteiger partial charge in [0.1, 0.15) is 6.61 Å². The Labute approximate surface area is 192 Å². The lowest BCUT2D eigenvalue weighted by Crippen LogP contribution is -2.38. The number of hydrogen-bond acceptors (Lipinski definition) is 5. The number of rotatable bonds is 7. The molecule has 3 aromatic rings. The summed E-state index contributed by atoms with van der Waals surface area (Å²) in [7, 11) is 1.54. The van der Waals surface area contributed by atoms with Gasteiger partial charge in [0.15, 0.2) is 11.5 Å². The van der Waals surface area contributed by atoms with Crippen molar-refractivity contribution in [3.8, 4) is 11.5 Å². The summed E-state index contributed by atoms with van der Waals surface area (Å²) in [4.78, 5) is 31.8. The van der Waals surface area contributed by atoms with Gasteiger partial charge in [-0.3, -0.25) is 14.6 Å². The molecule has 0 radical (unpaired) electrons. The molecule has 7 heteroatoms. The van der Waals surface area contributed by atoms with Crippen molar-refractivity contribution in [1.29, 1.82) is 0 Å². The van der Waals surface area contributed by atoms with E-state index in [9.17, 15) is 9.59 Å². The molecule has 4 rings (SSSR count). The van der Waals surface area contributed by atoms with E-state index in [1.807, 2.05) is 35.2 Å². The zero-order chi connectivity index (χ0) is 23.4. The Morgan fingerprint density at radius 2 is 1.91 bits per heavy atom. The van der Waals surface area contributed by atoms with Gasteiger partial charge >= 0.3 is 0 Å². The van der Waals surface area contributed by atoms with Crippen LogP contribution in [0.1, 0.15) is 45.2 Å². The number of amides is 2. The maximum atomic E-state index is 13.1. The highest BCUT2D eigenvalue weighted by Crippen LogP contribution is 2.33. The smallest absolute Gasteiger partial charge is 0.253 e. The number of aromatic nitrogens is 1. The van der Waals surface area contributed by atoms with Crippen molar-refractivity contribution in [3.05, 3.63) is 78.0 Å². The Morgan fingerprint density at radius 1 is 1.15 bits per heavy atom. The van der Waals surface area contributed by atoms with Crippen LogP contribution in [0, 0.1) is 0 Å². The van der Waals surface area contributed by atoms with Crippen molar-refractivity contribution in [2.75, 3.05) is 26.8 Å². The number of para-hydroxylation sites is 1. The molecule has 33 heavy (non-hydrogen) atoms. The Hall–Kier alpha value is -3.87. The summed E-state index contributed by atoms with van der Waals surface area (Å²) in [6, 6.07) is 14.7. The molecule has 2 heterocycles. The Morgan fingerprint density at radius 3 is 2.61 bits per heavy atom. The summed E-state index contributed by atoms with van der Waals surface area (Å²) in [5.74, 6) is 0.583. The van der Waals surface area contributed by atoms with Gasteiger partial charge in [0.2, 0.25) is 0 Å². The average Bonchev–Trinajstić information content (AvgIpc) is 2.86. The number of pyridine rings is 1. The number of likely N-dealkylation sites (tertiary alicyclic amines) is 1. The molecule has 0 spiro atoms. The van der Waals surface area contributed by atoms with Gasteiger partial charge in [-0.1, -0.05) is 30.9 Å². The third kappa shape index (κ3) is 4.67. The fourth-order valence-electron chi connectivity index (χ4n) is 4.25. The van der Waals surface area contributed by atoms with Gasteiger partial charge in [-0.25, -0.2) is 0 Å². The first-order valence-corrected chi connectivity index (χ1v) is 10.9. The first kappa shape index (κ1) is 22.3. The van der Waals surface area contributed by atoms with Crippen LogP contribution in [-0.4, -0.2) is 48.5 Å². The molecule has 1 aromatic heterocycles. The Bertz CT molecular complexity index is 1200. The Balaban J connectivity index is 1.50. The molecule has 0 atom stereocenters. The number of carbonyl (C=O) groups is 2. The fourth-order valence-corrected chi connectivity index (χ4v) is 4.25. The van der Waals surface area contributed by atoms with Gasteiger partial charge in [0, 0.05) is 30.0 Å². The second-order valence-electron chi connectivity index (χ2n) is 8.01. The van der Waals surface area contributed by atoms with Crippen LogP contribution in [0.3, 0.4) is 0 Å². The van der Waals surface area contributed by atoms with Crippen molar-refractivity contribution in [2.45, 2.75) is 18.8 Å². The van der Waals surface area contributed by atoms with Crippen LogP contribution in [0.4, 0.5) is 0 Å². The van der Waals surface area contributed by atoms with E-state index in [0.29, 0.717) is 55.2 Å². The summed E-state index contributed by atoms with van der Waals surface area (Å²) in [5, 5.41) is 0.886. The molecule has 0 bridgehead atoms. The van der Waals surface area contributed by atoms with Crippen LogP contribution in [0.2, 0.25) is 0 Å². The van der Waals surface area contributed by atoms with E-state index in [1.54, 1.807) is 31.4 Å². The number of nitrogens with zero attached hydrogens (tertiary/aromatic N) is 2. The van der Waals surface area contributed by atoms with E-state index < -0.39 is 5.91 Å². The topological polar surface area (TPSA) is 94.8 Å². The molecular weight excluding hydrogens is 418 g/mol. The predicted octanol–water partition coefficient (Wildman–Crippen LogP) is 3.93. The van der Waals surface area contributed by atoms with Gasteiger partial charge in [0.25, 0.3) is 11.8 Å². The predicted molar refractivity (Wildman–Crippen MR) is 127 cm³/mol. The molecule has 0 aliphatic carbocycles. The van der Waals surface area contributed by atoms with Crippen molar-refractivity contribution < 1.29 is 19.1 Å². The van der Waals surface area contributed by atoms with Gasteiger partial charge in [-0.15, -0.1) is 0 Å². The second-order valence-corrected chi connectivity index (χ2v) is 8.01. The molecule has 1 fully saturated rings. The van der Waals surface area contributed by atoms with Gasteiger partial charge in [-0.05, 0) is 43.2 Å². The van der Waals surface area contributed by atoms with E-state index in [0.717, 1.165) is 16.6 Å². The number of benzene rings is 2. The molecule has 0 saturated carbocycles. The fraction of sp³-hybridized carbons (Fsp3) is 0.269. The van der Waals surface area contributed by atoms with E-state index in [-0.39, 0.29) is 11.8 Å². The maximum Gasteiger partial charge on any atom is 0.253 e. The van der Waals surface area contributed by atoms with Crippen molar-refractivity contribution in [3.63, 3.8) is 0 Å². The first-order chi connectivity index (χ1) is 16.0. The van der Waals surface area contributed by atoms with Crippen LogP contribution in [0.25, 0.3) is 10.9 Å². The summed E-state index contributed by atoms with van der Waals surface area (Å²) >= 11 is 0. The van der Waals surface area contributed by atoms with Gasteiger partial charge in [0.05, 0.1) is 23.9 Å². The molecule has 2 aromatic carbocycles. The number of primary amides is 1. The number of fused-ring (bicyclic) bond motifs is 1. The monoisotopic (exact) mass is 445 g/mol.